The summed E-state index contributed by atoms with van der Waals surface area (Å²) in [6.45, 7) is 1.29. The molecular weight excluding hydrogens is 274 g/mol. The molecule has 1 atom stereocenters. The van der Waals surface area contributed by atoms with Crippen molar-refractivity contribution in [2.75, 3.05) is 19.8 Å². The third-order valence-electron chi connectivity index (χ3n) is 2.45. The second kappa shape index (κ2) is 5.41. The second-order valence-corrected chi connectivity index (χ2v) is 4.57. The molecule has 0 aliphatic carbocycles. The third-order valence-corrected chi connectivity index (χ3v) is 2.88. The van der Waals surface area contributed by atoms with Gasteiger partial charge >= 0.3 is 0 Å². The zero-order valence-corrected chi connectivity index (χ0v) is 10.3. The van der Waals surface area contributed by atoms with E-state index in [2.05, 4.69) is 20.9 Å². The van der Waals surface area contributed by atoms with Crippen molar-refractivity contribution >= 4 is 21.7 Å². The van der Waals surface area contributed by atoms with Gasteiger partial charge in [0.1, 0.15) is 12.4 Å². The van der Waals surface area contributed by atoms with Crippen molar-refractivity contribution in [2.45, 2.75) is 6.42 Å². The van der Waals surface area contributed by atoms with Crippen LogP contribution in [-0.2, 0) is 9.53 Å². The molecule has 2 heterocycles. The molecule has 4 nitrogen and oxygen atoms in total. The fraction of sp³-hybridized carbons (Fsp3) is 0.455. The number of ether oxygens (including phenoxy) is 2. The lowest BCUT2D eigenvalue weighted by Gasteiger charge is -2.08. The van der Waals surface area contributed by atoms with Gasteiger partial charge in [-0.3, -0.25) is 9.78 Å². The molecule has 1 fully saturated rings. The van der Waals surface area contributed by atoms with Gasteiger partial charge in [-0.05, 0) is 28.4 Å². The zero-order chi connectivity index (χ0) is 11.4. The van der Waals surface area contributed by atoms with Crippen molar-refractivity contribution in [1.82, 2.24) is 4.98 Å². The van der Waals surface area contributed by atoms with Crippen molar-refractivity contribution in [3.63, 3.8) is 0 Å². The van der Waals surface area contributed by atoms with E-state index in [1.54, 1.807) is 18.5 Å². The summed E-state index contributed by atoms with van der Waals surface area (Å²) >= 11 is 3.29. The molecule has 86 valence electrons. The predicted molar refractivity (Wildman–Crippen MR) is 61.4 cm³/mol. The van der Waals surface area contributed by atoms with Crippen LogP contribution >= 0.6 is 15.9 Å². The van der Waals surface area contributed by atoms with Gasteiger partial charge in [0.15, 0.2) is 5.78 Å². The summed E-state index contributed by atoms with van der Waals surface area (Å²) in [7, 11) is 0. The first-order valence-corrected chi connectivity index (χ1v) is 5.89. The van der Waals surface area contributed by atoms with E-state index in [1.807, 2.05) is 0 Å². The molecule has 0 N–H and O–H groups in total. The lowest BCUT2D eigenvalue weighted by Crippen LogP contribution is -2.21. The summed E-state index contributed by atoms with van der Waals surface area (Å²) in [6, 6.07) is 1.78. The van der Waals surface area contributed by atoms with E-state index >= 15 is 0 Å². The summed E-state index contributed by atoms with van der Waals surface area (Å²) in [4.78, 5) is 15.6. The van der Waals surface area contributed by atoms with Gasteiger partial charge in [0.25, 0.3) is 0 Å². The Hall–Kier alpha value is -0.940. The molecule has 0 spiro atoms. The average molecular weight is 286 g/mol. The van der Waals surface area contributed by atoms with E-state index in [0.717, 1.165) is 10.9 Å². The topological polar surface area (TPSA) is 48.4 Å². The van der Waals surface area contributed by atoms with Gasteiger partial charge in [0.2, 0.25) is 0 Å². The van der Waals surface area contributed by atoms with Crippen LogP contribution in [0.2, 0.25) is 0 Å². The highest BCUT2D eigenvalue weighted by molar-refractivity contribution is 9.10. The Balaban J connectivity index is 1.84. The highest BCUT2D eigenvalue weighted by Crippen LogP contribution is 2.17. The SMILES string of the molecule is O=C(COc1cncc(Br)c1)C1CCOC1. The molecule has 1 aromatic rings. The molecule has 0 radical (unpaired) electrons. The van der Waals surface area contributed by atoms with Gasteiger partial charge in [-0.1, -0.05) is 0 Å². The van der Waals surface area contributed by atoms with E-state index < -0.39 is 0 Å². The maximum atomic E-state index is 11.7. The maximum absolute atomic E-state index is 11.7. The van der Waals surface area contributed by atoms with Crippen LogP contribution in [-0.4, -0.2) is 30.6 Å². The first kappa shape index (κ1) is 11.5. The van der Waals surface area contributed by atoms with Crippen molar-refractivity contribution in [2.24, 2.45) is 5.92 Å². The van der Waals surface area contributed by atoms with Crippen molar-refractivity contribution in [3.05, 3.63) is 22.9 Å². The number of halogens is 1. The molecule has 0 aromatic carbocycles. The van der Waals surface area contributed by atoms with Crippen molar-refractivity contribution in [3.8, 4) is 5.75 Å². The van der Waals surface area contributed by atoms with E-state index in [-0.39, 0.29) is 18.3 Å². The average Bonchev–Trinajstić information content (AvgIpc) is 2.79. The van der Waals surface area contributed by atoms with E-state index in [0.29, 0.717) is 19.0 Å². The number of aromatic nitrogens is 1. The molecule has 16 heavy (non-hydrogen) atoms. The number of Topliss-reactive ketones (excluding diaryl/α,β-unsaturated/α-hetero) is 1. The number of hydrogen-bond donors (Lipinski definition) is 0. The van der Waals surface area contributed by atoms with E-state index in [1.165, 1.54) is 0 Å². The molecule has 5 heteroatoms. The molecule has 1 aromatic heterocycles. The largest absolute Gasteiger partial charge is 0.484 e. The maximum Gasteiger partial charge on any atom is 0.175 e. The van der Waals surface area contributed by atoms with Gasteiger partial charge in [-0.25, -0.2) is 0 Å². The molecule has 0 saturated carbocycles. The van der Waals surface area contributed by atoms with Crippen LogP contribution in [0.25, 0.3) is 0 Å². The summed E-state index contributed by atoms with van der Waals surface area (Å²) < 4.78 is 11.4. The quantitative estimate of drug-likeness (QED) is 0.847. The van der Waals surface area contributed by atoms with Crippen LogP contribution < -0.4 is 4.74 Å². The number of carbonyl (C=O) groups excluding carboxylic acids is 1. The second-order valence-electron chi connectivity index (χ2n) is 3.65. The summed E-state index contributed by atoms with van der Waals surface area (Å²) in [6.07, 6.45) is 4.06. The Bertz CT molecular complexity index is 377. The van der Waals surface area contributed by atoms with Crippen LogP contribution in [0.3, 0.4) is 0 Å². The highest BCUT2D eigenvalue weighted by Gasteiger charge is 2.23. The summed E-state index contributed by atoms with van der Waals surface area (Å²) in [5.41, 5.74) is 0. The summed E-state index contributed by atoms with van der Waals surface area (Å²) in [5, 5.41) is 0. The van der Waals surface area contributed by atoms with Crippen molar-refractivity contribution in [1.29, 1.82) is 0 Å². The normalized spacial score (nSPS) is 19.7. The van der Waals surface area contributed by atoms with Crippen LogP contribution in [0.15, 0.2) is 22.9 Å². The molecule has 0 amide bonds. The van der Waals surface area contributed by atoms with Gasteiger partial charge in [0, 0.05) is 23.2 Å². The number of ketones is 1. The van der Waals surface area contributed by atoms with E-state index in [4.69, 9.17) is 9.47 Å². The molecule has 1 aliphatic rings. The van der Waals surface area contributed by atoms with Crippen LogP contribution in [0.1, 0.15) is 6.42 Å². The smallest absolute Gasteiger partial charge is 0.175 e. The Morgan fingerprint density at radius 1 is 1.62 bits per heavy atom. The molecular formula is C11H12BrNO3. The fourth-order valence-electron chi connectivity index (χ4n) is 1.53. The molecule has 1 aliphatic heterocycles. The molecule has 1 saturated heterocycles. The number of carbonyl (C=O) groups is 1. The van der Waals surface area contributed by atoms with Crippen molar-refractivity contribution < 1.29 is 14.3 Å². The molecule has 2 rings (SSSR count). The standard InChI is InChI=1S/C11H12BrNO3/c12-9-3-10(5-13-4-9)16-7-11(14)8-1-2-15-6-8/h3-5,8H,1-2,6-7H2. The Morgan fingerprint density at radius 2 is 2.50 bits per heavy atom. The van der Waals surface area contributed by atoms with Crippen LogP contribution in [0, 0.1) is 5.92 Å². The minimum atomic E-state index is 0.000104. The Morgan fingerprint density at radius 3 is 3.19 bits per heavy atom. The Kier molecular flexibility index (Phi) is 3.90. The summed E-state index contributed by atoms with van der Waals surface area (Å²) in [5.74, 6) is 0.694. The first-order valence-electron chi connectivity index (χ1n) is 5.09. The predicted octanol–water partition coefficient (Wildman–Crippen LogP) is 1.83. The molecule has 0 bridgehead atoms. The third kappa shape index (κ3) is 3.02. The minimum absolute atomic E-state index is 0.000104. The fourth-order valence-corrected chi connectivity index (χ4v) is 1.88. The zero-order valence-electron chi connectivity index (χ0n) is 8.69. The molecule has 1 unspecified atom stereocenters. The van der Waals surface area contributed by atoms with Gasteiger partial charge in [-0.15, -0.1) is 0 Å². The lowest BCUT2D eigenvalue weighted by atomic mass is 10.0. The monoisotopic (exact) mass is 285 g/mol. The lowest BCUT2D eigenvalue weighted by molar-refractivity contribution is -0.124. The van der Waals surface area contributed by atoms with Crippen LogP contribution in [0.5, 0.6) is 5.75 Å². The number of hydrogen-bond acceptors (Lipinski definition) is 4. The van der Waals surface area contributed by atoms with E-state index in [9.17, 15) is 4.79 Å². The highest BCUT2D eigenvalue weighted by atomic mass is 79.9. The van der Waals surface area contributed by atoms with Gasteiger partial charge in [0.05, 0.1) is 12.8 Å². The van der Waals surface area contributed by atoms with Gasteiger partial charge in [-0.2, -0.15) is 0 Å². The minimum Gasteiger partial charge on any atom is -0.484 e. The van der Waals surface area contributed by atoms with Gasteiger partial charge < -0.3 is 9.47 Å². The first-order chi connectivity index (χ1) is 7.75. The van der Waals surface area contributed by atoms with Crippen LogP contribution in [0.4, 0.5) is 0 Å². The number of rotatable bonds is 4. The number of nitrogens with zero attached hydrogens (tertiary/aromatic N) is 1. The Labute approximate surface area is 102 Å². The number of pyridine rings is 1.